The molecule has 1 aromatic carbocycles. The van der Waals surface area contributed by atoms with Crippen LogP contribution < -0.4 is 21.7 Å². The number of hydrogen-bond donors (Lipinski definition) is 3. The molecule has 11 nitrogen and oxygen atoms in total. The highest BCUT2D eigenvalue weighted by atomic mass is 32.2. The van der Waals surface area contributed by atoms with Crippen LogP contribution in [0.25, 0.3) is 0 Å². The molecule has 0 bridgehead atoms. The van der Waals surface area contributed by atoms with Gasteiger partial charge in [-0.05, 0) is 42.0 Å². The van der Waals surface area contributed by atoms with E-state index in [4.69, 9.17) is 16.2 Å². The van der Waals surface area contributed by atoms with Crippen molar-refractivity contribution in [2.24, 2.45) is 11.5 Å². The van der Waals surface area contributed by atoms with E-state index in [1.807, 2.05) is 31.7 Å². The van der Waals surface area contributed by atoms with Crippen LogP contribution in [0.1, 0.15) is 49.5 Å². The summed E-state index contributed by atoms with van der Waals surface area (Å²) >= 11 is 0. The lowest BCUT2D eigenvalue weighted by Crippen LogP contribution is -2.43. The molecule has 2 aromatic rings. The zero-order chi connectivity index (χ0) is 26.1. The number of anilines is 3. The minimum atomic E-state index is -3.75. The van der Waals surface area contributed by atoms with Crippen molar-refractivity contribution in [2.45, 2.75) is 50.0 Å². The second-order valence-corrected chi connectivity index (χ2v) is 12.2. The van der Waals surface area contributed by atoms with E-state index in [0.717, 1.165) is 24.9 Å². The smallest absolute Gasteiger partial charge is 0.254 e. The number of nitrogens with two attached hydrogens (primary N) is 2. The van der Waals surface area contributed by atoms with Gasteiger partial charge < -0.3 is 26.4 Å². The maximum atomic E-state index is 13.5. The van der Waals surface area contributed by atoms with Gasteiger partial charge in [0.05, 0.1) is 18.1 Å². The van der Waals surface area contributed by atoms with Crippen molar-refractivity contribution in [2.75, 3.05) is 49.6 Å². The van der Waals surface area contributed by atoms with Crippen molar-refractivity contribution in [1.29, 1.82) is 0 Å². The van der Waals surface area contributed by atoms with Crippen molar-refractivity contribution in [3.05, 3.63) is 35.5 Å². The number of nitrogens with one attached hydrogen (secondary N) is 1. The molecule has 36 heavy (non-hydrogen) atoms. The van der Waals surface area contributed by atoms with Crippen molar-refractivity contribution >= 4 is 33.4 Å². The Morgan fingerprint density at radius 2 is 1.89 bits per heavy atom. The van der Waals surface area contributed by atoms with Crippen molar-refractivity contribution in [3.63, 3.8) is 0 Å². The maximum absolute atomic E-state index is 13.5. The number of benzene rings is 1. The molecule has 12 heteroatoms. The first-order valence-corrected chi connectivity index (χ1v) is 13.6. The topological polar surface area (TPSA) is 157 Å². The number of sulfonamides is 1. The predicted octanol–water partition coefficient (Wildman–Crippen LogP) is 1.57. The standard InChI is InChI=1S/C24H35N7O4S/c1-24(2,3)16-11-18(13-19(12-16)36(33,34)31-7-9-35-10-8-31)28-22-20(21(26)32)14-27-23(29-22)30-6-4-5-17(25)15-30/h11-14,17H,4-10,15,25H2,1-3H3,(H2,26,32)(H,27,28,29)/t17-/m0/s1. The van der Waals surface area contributed by atoms with E-state index in [2.05, 4.69) is 15.3 Å². The van der Waals surface area contributed by atoms with Gasteiger partial charge in [-0.15, -0.1) is 0 Å². The van der Waals surface area contributed by atoms with Gasteiger partial charge in [-0.3, -0.25) is 4.79 Å². The molecule has 0 spiro atoms. The van der Waals surface area contributed by atoms with Crippen molar-refractivity contribution in [3.8, 4) is 0 Å². The number of nitrogens with zero attached hydrogens (tertiary/aromatic N) is 4. The van der Waals surface area contributed by atoms with Crippen LogP contribution in [0, 0.1) is 0 Å². The summed E-state index contributed by atoms with van der Waals surface area (Å²) in [6, 6.07) is 5.14. The van der Waals surface area contributed by atoms with Crippen LogP contribution in [0.4, 0.5) is 17.5 Å². The summed E-state index contributed by atoms with van der Waals surface area (Å²) in [5, 5.41) is 3.15. The summed E-state index contributed by atoms with van der Waals surface area (Å²) in [5.41, 5.74) is 12.8. The molecule has 3 heterocycles. The Morgan fingerprint density at radius 1 is 1.17 bits per heavy atom. The minimum Gasteiger partial charge on any atom is -0.379 e. The third-order valence-corrected chi connectivity index (χ3v) is 8.30. The van der Waals surface area contributed by atoms with Gasteiger partial charge in [-0.2, -0.15) is 9.29 Å². The molecule has 1 atom stereocenters. The third kappa shape index (κ3) is 5.77. The number of carbonyl (C=O) groups excluding carboxylic acids is 1. The Labute approximate surface area is 212 Å². The molecule has 196 valence electrons. The van der Waals surface area contributed by atoms with E-state index >= 15 is 0 Å². The van der Waals surface area contributed by atoms with E-state index in [0.29, 0.717) is 44.5 Å². The third-order valence-electron chi connectivity index (χ3n) is 6.43. The molecule has 2 aliphatic rings. The molecule has 1 aromatic heterocycles. The van der Waals surface area contributed by atoms with Crippen LogP contribution in [0.2, 0.25) is 0 Å². The fraction of sp³-hybridized carbons (Fsp3) is 0.542. The second-order valence-electron chi connectivity index (χ2n) is 10.3. The first kappa shape index (κ1) is 26.3. The Balaban J connectivity index is 1.75. The van der Waals surface area contributed by atoms with E-state index in [-0.39, 0.29) is 27.7 Å². The minimum absolute atomic E-state index is 0.0194. The van der Waals surface area contributed by atoms with Crippen molar-refractivity contribution in [1.82, 2.24) is 14.3 Å². The van der Waals surface area contributed by atoms with Crippen LogP contribution in [-0.4, -0.2) is 74.0 Å². The molecule has 2 saturated heterocycles. The summed E-state index contributed by atoms with van der Waals surface area (Å²) in [5.74, 6) is -0.0363. The second kappa shape index (κ2) is 10.3. The average molecular weight is 518 g/mol. The lowest BCUT2D eigenvalue weighted by atomic mass is 9.87. The fourth-order valence-corrected chi connectivity index (χ4v) is 5.80. The molecule has 5 N–H and O–H groups in total. The number of hydrogen-bond acceptors (Lipinski definition) is 9. The lowest BCUT2D eigenvalue weighted by molar-refractivity contribution is 0.0730. The molecule has 2 aliphatic heterocycles. The molecule has 0 unspecified atom stereocenters. The maximum Gasteiger partial charge on any atom is 0.254 e. The monoisotopic (exact) mass is 517 g/mol. The van der Waals surface area contributed by atoms with Gasteiger partial charge in [0.1, 0.15) is 11.4 Å². The van der Waals surface area contributed by atoms with Crippen molar-refractivity contribution < 1.29 is 17.9 Å². The van der Waals surface area contributed by atoms with E-state index in [1.54, 1.807) is 12.1 Å². The largest absolute Gasteiger partial charge is 0.379 e. The quantitative estimate of drug-likeness (QED) is 0.517. The zero-order valence-electron chi connectivity index (χ0n) is 21.0. The molecule has 2 fully saturated rings. The molecule has 0 radical (unpaired) electrons. The fourth-order valence-electron chi connectivity index (χ4n) is 4.32. The SMILES string of the molecule is CC(C)(C)c1cc(Nc2nc(N3CCC[C@H](N)C3)ncc2C(N)=O)cc(S(=O)(=O)N2CCOCC2)c1. The van der Waals surface area contributed by atoms with Crippen LogP contribution >= 0.6 is 0 Å². The van der Waals surface area contributed by atoms with Gasteiger partial charge in [-0.25, -0.2) is 13.4 Å². The Hall–Kier alpha value is -2.80. The van der Waals surface area contributed by atoms with Crippen LogP contribution in [-0.2, 0) is 20.2 Å². The Morgan fingerprint density at radius 3 is 2.53 bits per heavy atom. The molecule has 0 saturated carbocycles. The number of amides is 1. The molecule has 1 amide bonds. The number of ether oxygens (including phenoxy) is 1. The molecular formula is C24H35N7O4S. The number of morpholine rings is 1. The van der Waals surface area contributed by atoms with Gasteiger partial charge in [-0.1, -0.05) is 20.8 Å². The lowest BCUT2D eigenvalue weighted by Gasteiger charge is -2.31. The summed E-state index contributed by atoms with van der Waals surface area (Å²) in [7, 11) is -3.75. The number of piperidine rings is 1. The van der Waals surface area contributed by atoms with Crippen LogP contribution in [0.15, 0.2) is 29.3 Å². The van der Waals surface area contributed by atoms with Crippen LogP contribution in [0.3, 0.4) is 0 Å². The van der Waals surface area contributed by atoms with Gasteiger partial charge >= 0.3 is 0 Å². The molecular weight excluding hydrogens is 482 g/mol. The highest BCUT2D eigenvalue weighted by molar-refractivity contribution is 7.89. The van der Waals surface area contributed by atoms with E-state index in [9.17, 15) is 13.2 Å². The van der Waals surface area contributed by atoms with E-state index < -0.39 is 15.9 Å². The summed E-state index contributed by atoms with van der Waals surface area (Å²) in [6.45, 7) is 8.69. The van der Waals surface area contributed by atoms with Gasteiger partial charge in [0.25, 0.3) is 5.91 Å². The summed E-state index contributed by atoms with van der Waals surface area (Å²) in [6.07, 6.45) is 3.24. The zero-order valence-corrected chi connectivity index (χ0v) is 21.8. The number of aromatic nitrogens is 2. The summed E-state index contributed by atoms with van der Waals surface area (Å²) in [4.78, 5) is 23.2. The van der Waals surface area contributed by atoms with Gasteiger partial charge in [0, 0.05) is 44.1 Å². The van der Waals surface area contributed by atoms with Crippen LogP contribution in [0.5, 0.6) is 0 Å². The average Bonchev–Trinajstić information content (AvgIpc) is 2.83. The Kier molecular flexibility index (Phi) is 7.51. The highest BCUT2D eigenvalue weighted by Crippen LogP contribution is 2.32. The summed E-state index contributed by atoms with van der Waals surface area (Å²) < 4.78 is 33.7. The first-order chi connectivity index (χ1) is 16.9. The normalized spacial score (nSPS) is 19.8. The highest BCUT2D eigenvalue weighted by Gasteiger charge is 2.29. The Bertz CT molecular complexity index is 1220. The first-order valence-electron chi connectivity index (χ1n) is 12.1. The van der Waals surface area contributed by atoms with Gasteiger partial charge in [0.2, 0.25) is 16.0 Å². The number of carbonyl (C=O) groups is 1. The molecule has 4 rings (SSSR count). The van der Waals surface area contributed by atoms with Gasteiger partial charge in [0.15, 0.2) is 0 Å². The number of primary amides is 1. The predicted molar refractivity (Wildman–Crippen MR) is 138 cm³/mol. The van der Waals surface area contributed by atoms with E-state index in [1.165, 1.54) is 10.5 Å². The molecule has 0 aliphatic carbocycles. The number of rotatable bonds is 6.